The van der Waals surface area contributed by atoms with E-state index in [2.05, 4.69) is 16.2 Å². The lowest BCUT2D eigenvalue weighted by Crippen LogP contribution is -2.12. The van der Waals surface area contributed by atoms with Gasteiger partial charge in [-0.25, -0.2) is 4.98 Å². The lowest BCUT2D eigenvalue weighted by molar-refractivity contribution is 0.769. The van der Waals surface area contributed by atoms with Gasteiger partial charge in [0.15, 0.2) is 0 Å². The Morgan fingerprint density at radius 1 is 1.38 bits per heavy atom. The molecule has 1 aromatic heterocycles. The Hall–Kier alpha value is -0.750. The Balaban J connectivity index is 2.62. The summed E-state index contributed by atoms with van der Waals surface area (Å²) in [6, 6.07) is 3.49. The second-order valence-corrected chi connectivity index (χ2v) is 3.20. The molecule has 0 atom stereocenters. The summed E-state index contributed by atoms with van der Waals surface area (Å²) in [6.45, 7) is 1.17. The third kappa shape index (κ3) is 3.65. The molecule has 0 amide bonds. The fraction of sp³-hybridized carbons (Fsp3) is 0.222. The standard InChI is InChI=1S/C9H8Cl2N2/c1-2-3-12-6-7-4-8(10)13-9(11)5-7/h1,4-5,12H,3,6H2. The number of terminal acetylenes is 1. The van der Waals surface area contributed by atoms with Gasteiger partial charge in [0.1, 0.15) is 10.3 Å². The number of aromatic nitrogens is 1. The Bertz CT molecular complexity index is 311. The zero-order chi connectivity index (χ0) is 9.68. The van der Waals surface area contributed by atoms with Crippen LogP contribution in [0.3, 0.4) is 0 Å². The van der Waals surface area contributed by atoms with E-state index in [1.165, 1.54) is 0 Å². The summed E-state index contributed by atoms with van der Waals surface area (Å²) in [5.41, 5.74) is 0.972. The van der Waals surface area contributed by atoms with Crippen molar-refractivity contribution in [2.24, 2.45) is 0 Å². The summed E-state index contributed by atoms with van der Waals surface area (Å²) in [5.74, 6) is 2.47. The zero-order valence-corrected chi connectivity index (χ0v) is 8.36. The third-order valence-corrected chi connectivity index (χ3v) is 1.77. The van der Waals surface area contributed by atoms with E-state index in [9.17, 15) is 0 Å². The fourth-order valence-electron chi connectivity index (χ4n) is 0.895. The van der Waals surface area contributed by atoms with E-state index < -0.39 is 0 Å². The van der Waals surface area contributed by atoms with Gasteiger partial charge >= 0.3 is 0 Å². The zero-order valence-electron chi connectivity index (χ0n) is 6.85. The molecule has 4 heteroatoms. The molecule has 0 aliphatic carbocycles. The molecule has 0 saturated heterocycles. The van der Waals surface area contributed by atoms with E-state index in [0.29, 0.717) is 23.4 Å². The minimum Gasteiger partial charge on any atom is -0.302 e. The molecule has 68 valence electrons. The van der Waals surface area contributed by atoms with Gasteiger partial charge < -0.3 is 5.32 Å². The number of pyridine rings is 1. The molecular formula is C9H8Cl2N2. The van der Waals surface area contributed by atoms with Crippen molar-refractivity contribution in [1.29, 1.82) is 0 Å². The largest absolute Gasteiger partial charge is 0.302 e. The third-order valence-electron chi connectivity index (χ3n) is 1.38. The first kappa shape index (κ1) is 10.3. The van der Waals surface area contributed by atoms with Gasteiger partial charge in [-0.2, -0.15) is 0 Å². The normalized spacial score (nSPS) is 9.62. The molecule has 0 fully saturated rings. The van der Waals surface area contributed by atoms with Crippen molar-refractivity contribution in [3.8, 4) is 12.3 Å². The highest BCUT2D eigenvalue weighted by atomic mass is 35.5. The van der Waals surface area contributed by atoms with Gasteiger partial charge in [0, 0.05) is 6.54 Å². The number of nitrogens with one attached hydrogen (secondary N) is 1. The second kappa shape index (κ2) is 5.08. The van der Waals surface area contributed by atoms with E-state index in [1.54, 1.807) is 12.1 Å². The Labute approximate surface area is 87.3 Å². The van der Waals surface area contributed by atoms with Crippen LogP contribution in [0.1, 0.15) is 5.56 Å². The van der Waals surface area contributed by atoms with Gasteiger partial charge in [-0.15, -0.1) is 6.42 Å². The second-order valence-electron chi connectivity index (χ2n) is 2.43. The van der Waals surface area contributed by atoms with Crippen LogP contribution in [0.25, 0.3) is 0 Å². The molecule has 1 heterocycles. The van der Waals surface area contributed by atoms with Crippen molar-refractivity contribution in [2.45, 2.75) is 6.54 Å². The van der Waals surface area contributed by atoms with Crippen LogP contribution in [-0.4, -0.2) is 11.5 Å². The predicted octanol–water partition coefficient (Wildman–Crippen LogP) is 2.11. The number of halogens is 2. The summed E-state index contributed by atoms with van der Waals surface area (Å²) in [4.78, 5) is 3.83. The fourth-order valence-corrected chi connectivity index (χ4v) is 1.40. The lowest BCUT2D eigenvalue weighted by atomic mass is 10.3. The van der Waals surface area contributed by atoms with E-state index in [-0.39, 0.29) is 0 Å². The SMILES string of the molecule is C#CCNCc1cc(Cl)nc(Cl)c1. The van der Waals surface area contributed by atoms with Crippen LogP contribution in [0.5, 0.6) is 0 Å². The first-order valence-electron chi connectivity index (χ1n) is 3.68. The van der Waals surface area contributed by atoms with Crippen LogP contribution in [0.4, 0.5) is 0 Å². The average molecular weight is 215 g/mol. The molecule has 1 aromatic rings. The average Bonchev–Trinajstić information content (AvgIpc) is 2.03. The van der Waals surface area contributed by atoms with Crippen LogP contribution in [0.2, 0.25) is 10.3 Å². The molecule has 1 N–H and O–H groups in total. The lowest BCUT2D eigenvalue weighted by Gasteiger charge is -2.02. The van der Waals surface area contributed by atoms with Crippen LogP contribution >= 0.6 is 23.2 Å². The Morgan fingerprint density at radius 2 is 2.00 bits per heavy atom. The molecule has 0 radical (unpaired) electrons. The summed E-state index contributed by atoms with van der Waals surface area (Å²) in [5, 5.41) is 3.81. The van der Waals surface area contributed by atoms with Crippen molar-refractivity contribution in [3.05, 3.63) is 28.0 Å². The van der Waals surface area contributed by atoms with Crippen molar-refractivity contribution >= 4 is 23.2 Å². The molecule has 0 aromatic carbocycles. The quantitative estimate of drug-likeness (QED) is 0.474. The van der Waals surface area contributed by atoms with E-state index in [1.807, 2.05) is 0 Å². The summed E-state index contributed by atoms with van der Waals surface area (Å²) in [6.07, 6.45) is 5.08. The maximum atomic E-state index is 5.70. The molecule has 13 heavy (non-hydrogen) atoms. The summed E-state index contributed by atoms with van der Waals surface area (Å²) in [7, 11) is 0. The van der Waals surface area contributed by atoms with Gasteiger partial charge in [0.25, 0.3) is 0 Å². The van der Waals surface area contributed by atoms with Crippen molar-refractivity contribution in [2.75, 3.05) is 6.54 Å². The van der Waals surface area contributed by atoms with Crippen molar-refractivity contribution < 1.29 is 0 Å². The smallest absolute Gasteiger partial charge is 0.131 e. The highest BCUT2D eigenvalue weighted by Crippen LogP contribution is 2.14. The molecule has 1 rings (SSSR count). The Morgan fingerprint density at radius 3 is 2.54 bits per heavy atom. The van der Waals surface area contributed by atoms with E-state index in [4.69, 9.17) is 29.6 Å². The molecule has 0 unspecified atom stereocenters. The summed E-state index contributed by atoms with van der Waals surface area (Å²) < 4.78 is 0. The number of nitrogens with zero attached hydrogens (tertiary/aromatic N) is 1. The molecule has 0 bridgehead atoms. The highest BCUT2D eigenvalue weighted by Gasteiger charge is 1.98. The number of rotatable bonds is 3. The van der Waals surface area contributed by atoms with Crippen LogP contribution in [-0.2, 0) is 6.54 Å². The van der Waals surface area contributed by atoms with Crippen molar-refractivity contribution in [1.82, 2.24) is 10.3 Å². The van der Waals surface area contributed by atoms with Gasteiger partial charge in [0.2, 0.25) is 0 Å². The van der Waals surface area contributed by atoms with Crippen LogP contribution in [0.15, 0.2) is 12.1 Å². The van der Waals surface area contributed by atoms with E-state index >= 15 is 0 Å². The molecule has 2 nitrogen and oxygen atoms in total. The molecular weight excluding hydrogens is 207 g/mol. The maximum absolute atomic E-state index is 5.70. The molecule has 0 saturated carbocycles. The van der Waals surface area contributed by atoms with Gasteiger partial charge in [-0.1, -0.05) is 29.1 Å². The van der Waals surface area contributed by atoms with Gasteiger partial charge in [-0.05, 0) is 17.7 Å². The minimum absolute atomic E-state index is 0.394. The van der Waals surface area contributed by atoms with E-state index in [0.717, 1.165) is 5.56 Å². The molecule has 0 aliphatic heterocycles. The highest BCUT2D eigenvalue weighted by molar-refractivity contribution is 6.32. The van der Waals surface area contributed by atoms with Gasteiger partial charge in [0.05, 0.1) is 6.54 Å². The van der Waals surface area contributed by atoms with Crippen molar-refractivity contribution in [3.63, 3.8) is 0 Å². The minimum atomic E-state index is 0.394. The first-order valence-corrected chi connectivity index (χ1v) is 4.44. The van der Waals surface area contributed by atoms with Crippen LogP contribution in [0, 0.1) is 12.3 Å². The Kier molecular flexibility index (Phi) is 4.04. The predicted molar refractivity (Wildman–Crippen MR) is 54.8 cm³/mol. The summed E-state index contributed by atoms with van der Waals surface area (Å²) >= 11 is 11.4. The maximum Gasteiger partial charge on any atom is 0.131 e. The first-order chi connectivity index (χ1) is 6.22. The molecule has 0 spiro atoms. The number of hydrogen-bond donors (Lipinski definition) is 1. The topological polar surface area (TPSA) is 24.9 Å². The van der Waals surface area contributed by atoms with Gasteiger partial charge in [-0.3, -0.25) is 0 Å². The number of hydrogen-bond acceptors (Lipinski definition) is 2. The molecule has 0 aliphatic rings. The monoisotopic (exact) mass is 214 g/mol. The van der Waals surface area contributed by atoms with Crippen LogP contribution < -0.4 is 5.32 Å².